The summed E-state index contributed by atoms with van der Waals surface area (Å²) in [5.41, 5.74) is 2.10. The van der Waals surface area contributed by atoms with Crippen molar-refractivity contribution >= 4 is 17.5 Å². The van der Waals surface area contributed by atoms with E-state index in [0.29, 0.717) is 35.9 Å². The largest absolute Gasteiger partial charge is 0.497 e. The van der Waals surface area contributed by atoms with Gasteiger partial charge in [0.05, 0.1) is 24.7 Å². The van der Waals surface area contributed by atoms with E-state index in [-0.39, 0.29) is 17.7 Å². The third-order valence-electron chi connectivity index (χ3n) is 5.39. The van der Waals surface area contributed by atoms with Crippen LogP contribution in [0.5, 0.6) is 5.75 Å². The van der Waals surface area contributed by atoms with E-state index in [1.807, 2.05) is 4.90 Å². The third kappa shape index (κ3) is 5.37. The van der Waals surface area contributed by atoms with Crippen molar-refractivity contribution in [3.05, 3.63) is 41.7 Å². The van der Waals surface area contributed by atoms with Crippen LogP contribution in [0, 0.1) is 5.92 Å². The molecule has 3 rings (SSSR count). The molecule has 7 nitrogen and oxygen atoms in total. The van der Waals surface area contributed by atoms with Gasteiger partial charge in [0.15, 0.2) is 0 Å². The predicted octanol–water partition coefficient (Wildman–Crippen LogP) is 3.81. The van der Waals surface area contributed by atoms with Gasteiger partial charge < -0.3 is 15.0 Å². The van der Waals surface area contributed by atoms with E-state index in [1.165, 1.54) is 0 Å². The highest BCUT2D eigenvalue weighted by Gasteiger charge is 2.27. The average molecular weight is 399 g/mol. The van der Waals surface area contributed by atoms with Crippen molar-refractivity contribution in [3.63, 3.8) is 0 Å². The molecule has 0 radical (unpaired) electrons. The quantitative estimate of drug-likeness (QED) is 0.742. The molecule has 2 N–H and O–H groups in total. The molecule has 0 aliphatic carbocycles. The van der Waals surface area contributed by atoms with Crippen molar-refractivity contribution in [2.24, 2.45) is 5.92 Å². The first-order chi connectivity index (χ1) is 14.0. The van der Waals surface area contributed by atoms with Crippen LogP contribution in [0.25, 0.3) is 0 Å². The number of amides is 2. The van der Waals surface area contributed by atoms with Gasteiger partial charge in [-0.05, 0) is 49.4 Å². The van der Waals surface area contributed by atoms with E-state index in [9.17, 15) is 9.59 Å². The Kier molecular flexibility index (Phi) is 6.90. The Labute approximate surface area is 171 Å². The Balaban J connectivity index is 1.65. The van der Waals surface area contributed by atoms with Crippen LogP contribution in [0.15, 0.2) is 30.5 Å². The number of carbonyl (C=O) groups is 2. The second kappa shape index (κ2) is 9.58. The highest BCUT2D eigenvalue weighted by atomic mass is 16.5. The van der Waals surface area contributed by atoms with E-state index in [2.05, 4.69) is 29.4 Å². The normalized spacial score (nSPS) is 16.7. The van der Waals surface area contributed by atoms with Crippen molar-refractivity contribution in [3.8, 4) is 5.75 Å². The first-order valence-corrected chi connectivity index (χ1v) is 10.2. The number of nitrogens with one attached hydrogen (secondary N) is 2. The lowest BCUT2D eigenvalue weighted by atomic mass is 9.93. The summed E-state index contributed by atoms with van der Waals surface area (Å²) in [5.74, 6) is 1.38. The number of hydrogen-bond acceptors (Lipinski definition) is 4. The zero-order chi connectivity index (χ0) is 20.8. The number of ether oxygens (including phenoxy) is 1. The molecule has 2 aromatic rings. The van der Waals surface area contributed by atoms with Crippen LogP contribution >= 0.6 is 0 Å². The molecular formula is C22H30N4O3. The molecule has 0 saturated carbocycles. The number of anilines is 1. The zero-order valence-corrected chi connectivity index (χ0v) is 17.4. The fraction of sp³-hybridized carbons (Fsp3) is 0.500. The Morgan fingerprint density at radius 2 is 2.07 bits per heavy atom. The summed E-state index contributed by atoms with van der Waals surface area (Å²) < 4.78 is 5.13. The van der Waals surface area contributed by atoms with Crippen molar-refractivity contribution < 1.29 is 14.3 Å². The van der Waals surface area contributed by atoms with Crippen LogP contribution in [-0.4, -0.2) is 47.1 Å². The van der Waals surface area contributed by atoms with Crippen molar-refractivity contribution in [2.75, 3.05) is 25.5 Å². The minimum atomic E-state index is -0.198. The van der Waals surface area contributed by atoms with Gasteiger partial charge in [-0.15, -0.1) is 0 Å². The smallest absolute Gasteiger partial charge is 0.255 e. The molecule has 0 bridgehead atoms. The van der Waals surface area contributed by atoms with Gasteiger partial charge in [-0.25, -0.2) is 0 Å². The number of piperidine rings is 1. The van der Waals surface area contributed by atoms with Gasteiger partial charge in [-0.1, -0.05) is 13.8 Å². The summed E-state index contributed by atoms with van der Waals surface area (Å²) in [4.78, 5) is 27.1. The molecular weight excluding hydrogens is 368 g/mol. The van der Waals surface area contributed by atoms with Gasteiger partial charge in [0.2, 0.25) is 5.91 Å². The van der Waals surface area contributed by atoms with E-state index < -0.39 is 0 Å². The molecule has 2 amide bonds. The monoisotopic (exact) mass is 398 g/mol. The molecule has 7 heteroatoms. The first kappa shape index (κ1) is 20.9. The number of aromatic amines is 1. The second-order valence-corrected chi connectivity index (χ2v) is 7.99. The molecule has 1 saturated heterocycles. The predicted molar refractivity (Wildman–Crippen MR) is 112 cm³/mol. The number of likely N-dealkylation sites (tertiary alicyclic amines) is 1. The van der Waals surface area contributed by atoms with E-state index in [1.54, 1.807) is 37.6 Å². The summed E-state index contributed by atoms with van der Waals surface area (Å²) in [7, 11) is 1.59. The molecule has 1 aliphatic rings. The summed E-state index contributed by atoms with van der Waals surface area (Å²) in [6.07, 6.45) is 5.04. The van der Waals surface area contributed by atoms with Crippen LogP contribution < -0.4 is 10.1 Å². The molecule has 0 unspecified atom stereocenters. The van der Waals surface area contributed by atoms with E-state index >= 15 is 0 Å². The van der Waals surface area contributed by atoms with Gasteiger partial charge >= 0.3 is 0 Å². The molecule has 0 spiro atoms. The molecule has 156 valence electrons. The molecule has 2 heterocycles. The highest BCUT2D eigenvalue weighted by molar-refractivity contribution is 6.04. The maximum Gasteiger partial charge on any atom is 0.255 e. The number of carbonyl (C=O) groups excluding carboxylic acids is 2. The fourth-order valence-electron chi connectivity index (χ4n) is 3.65. The summed E-state index contributed by atoms with van der Waals surface area (Å²) in [5, 5.41) is 10.1. The highest BCUT2D eigenvalue weighted by Crippen LogP contribution is 2.31. The Morgan fingerprint density at radius 3 is 2.76 bits per heavy atom. The third-order valence-corrected chi connectivity index (χ3v) is 5.39. The van der Waals surface area contributed by atoms with Crippen molar-refractivity contribution in [1.82, 2.24) is 15.1 Å². The first-order valence-electron chi connectivity index (χ1n) is 10.2. The Morgan fingerprint density at radius 1 is 1.31 bits per heavy atom. The van der Waals surface area contributed by atoms with Crippen LogP contribution in [0.1, 0.15) is 61.5 Å². The Bertz CT molecular complexity index is 829. The molecule has 1 aliphatic heterocycles. The number of benzene rings is 1. The maximum atomic E-state index is 12.6. The minimum absolute atomic E-state index is 0.139. The van der Waals surface area contributed by atoms with Crippen LogP contribution in [0.2, 0.25) is 0 Å². The van der Waals surface area contributed by atoms with E-state index in [0.717, 1.165) is 31.5 Å². The van der Waals surface area contributed by atoms with Gasteiger partial charge in [-0.2, -0.15) is 5.10 Å². The molecule has 1 aromatic heterocycles. The van der Waals surface area contributed by atoms with Crippen LogP contribution in [0.3, 0.4) is 0 Å². The topological polar surface area (TPSA) is 87.3 Å². The van der Waals surface area contributed by atoms with Gasteiger partial charge in [0, 0.05) is 31.0 Å². The minimum Gasteiger partial charge on any atom is -0.497 e. The average Bonchev–Trinajstić information content (AvgIpc) is 3.20. The summed E-state index contributed by atoms with van der Waals surface area (Å²) in [6, 6.07) is 6.97. The van der Waals surface area contributed by atoms with Crippen LogP contribution in [-0.2, 0) is 4.79 Å². The van der Waals surface area contributed by atoms with E-state index in [4.69, 9.17) is 4.74 Å². The standard InChI is InChI=1S/C22H30N4O3/c1-15(2)6-11-20(27)26-12-4-5-17(14-26)21-19(13-23-25-21)24-22(28)16-7-9-18(29-3)10-8-16/h7-10,13,15,17H,4-6,11-12,14H2,1-3H3,(H,23,25)(H,24,28)/t17-/m0/s1. The van der Waals surface area contributed by atoms with Crippen LogP contribution in [0.4, 0.5) is 5.69 Å². The second-order valence-electron chi connectivity index (χ2n) is 7.99. The molecule has 29 heavy (non-hydrogen) atoms. The Hall–Kier alpha value is -2.83. The SMILES string of the molecule is COc1ccc(C(=O)Nc2cn[nH]c2[C@H]2CCCN(C(=O)CCC(C)C)C2)cc1. The number of nitrogens with zero attached hydrogens (tertiary/aromatic N) is 2. The zero-order valence-electron chi connectivity index (χ0n) is 17.4. The number of hydrogen-bond donors (Lipinski definition) is 2. The van der Waals surface area contributed by atoms with Gasteiger partial charge in [0.25, 0.3) is 5.91 Å². The lowest BCUT2D eigenvalue weighted by Crippen LogP contribution is -2.39. The van der Waals surface area contributed by atoms with Gasteiger partial charge in [0.1, 0.15) is 5.75 Å². The number of rotatable bonds is 7. The molecule has 1 aromatic carbocycles. The number of aromatic nitrogens is 2. The van der Waals surface area contributed by atoms with Crippen molar-refractivity contribution in [1.29, 1.82) is 0 Å². The molecule has 1 atom stereocenters. The summed E-state index contributed by atoms with van der Waals surface area (Å²) in [6.45, 7) is 5.73. The van der Waals surface area contributed by atoms with Gasteiger partial charge in [-0.3, -0.25) is 14.7 Å². The lowest BCUT2D eigenvalue weighted by molar-refractivity contribution is -0.132. The number of methoxy groups -OCH3 is 1. The molecule has 1 fully saturated rings. The lowest BCUT2D eigenvalue weighted by Gasteiger charge is -2.33. The van der Waals surface area contributed by atoms with Crippen molar-refractivity contribution in [2.45, 2.75) is 45.4 Å². The maximum absolute atomic E-state index is 12.6. The fourth-order valence-corrected chi connectivity index (χ4v) is 3.65. The number of H-pyrrole nitrogens is 1. The summed E-state index contributed by atoms with van der Waals surface area (Å²) >= 11 is 0.